The maximum absolute atomic E-state index is 13.4. The Balaban J connectivity index is 2.40. The lowest BCUT2D eigenvalue weighted by atomic mass is 10.1. The molecule has 3 nitrogen and oxygen atoms in total. The fourth-order valence-electron chi connectivity index (χ4n) is 1.50. The van der Waals surface area contributed by atoms with Crippen molar-refractivity contribution in [2.75, 3.05) is 5.32 Å². The number of hydrogen-bond acceptors (Lipinski definition) is 2. The smallest absolute Gasteiger partial charge is 0.329 e. The molecule has 2 N–H and O–H groups in total. The van der Waals surface area contributed by atoms with Gasteiger partial charge in [0.05, 0.1) is 0 Å². The molecule has 2 atom stereocenters. The normalized spacial score (nSPS) is 24.1. The van der Waals surface area contributed by atoms with Crippen LogP contribution in [0.1, 0.15) is 11.7 Å². The van der Waals surface area contributed by atoms with Gasteiger partial charge in [0.2, 0.25) is 0 Å². The molecular weight excluding hydrogens is 192 g/mol. The Morgan fingerprint density at radius 3 is 2.86 bits per heavy atom. The van der Waals surface area contributed by atoms with Gasteiger partial charge in [0.15, 0.2) is 12.2 Å². The number of hydrogen-bond donors (Lipinski definition) is 2. The minimum atomic E-state index is -1.62. The molecule has 0 aromatic heterocycles. The number of aliphatic carboxylic acids is 1. The fraction of sp³-hybridized carbons (Fsp3) is 0.222. The summed E-state index contributed by atoms with van der Waals surface area (Å²) < 4.78 is 26.1. The molecule has 1 aromatic carbocycles. The van der Waals surface area contributed by atoms with Crippen molar-refractivity contribution in [1.29, 1.82) is 0 Å². The molecule has 14 heavy (non-hydrogen) atoms. The Bertz CT molecular complexity index is 394. The predicted molar refractivity (Wildman–Crippen MR) is 45.3 cm³/mol. The van der Waals surface area contributed by atoms with Gasteiger partial charge in [0.1, 0.15) is 5.82 Å². The highest BCUT2D eigenvalue weighted by molar-refractivity contribution is 5.82. The minimum absolute atomic E-state index is 0.193. The van der Waals surface area contributed by atoms with Crippen LogP contribution in [-0.2, 0) is 4.79 Å². The molecular formula is C9H7F2NO2. The zero-order valence-corrected chi connectivity index (χ0v) is 7.00. The number of rotatable bonds is 1. The Morgan fingerprint density at radius 2 is 2.21 bits per heavy atom. The summed E-state index contributed by atoms with van der Waals surface area (Å²) in [6, 6.07) is 2.14. The molecule has 1 aliphatic rings. The van der Waals surface area contributed by atoms with E-state index in [1.165, 1.54) is 6.07 Å². The summed E-state index contributed by atoms with van der Waals surface area (Å²) in [6.07, 6.45) is -1.62. The number of nitrogens with one attached hydrogen (secondary N) is 1. The molecule has 0 bridgehead atoms. The molecule has 0 amide bonds. The zero-order chi connectivity index (χ0) is 10.3. The molecule has 1 aromatic rings. The fourth-order valence-corrected chi connectivity index (χ4v) is 1.50. The lowest BCUT2D eigenvalue weighted by Gasteiger charge is -2.06. The highest BCUT2D eigenvalue weighted by Crippen LogP contribution is 2.37. The number of fused-ring (bicyclic) bond motifs is 1. The van der Waals surface area contributed by atoms with E-state index in [1.54, 1.807) is 0 Å². The maximum Gasteiger partial charge on any atom is 0.329 e. The monoisotopic (exact) mass is 199 g/mol. The lowest BCUT2D eigenvalue weighted by Crippen LogP contribution is -2.28. The van der Waals surface area contributed by atoms with Gasteiger partial charge < -0.3 is 10.4 Å². The van der Waals surface area contributed by atoms with Crippen LogP contribution in [0.4, 0.5) is 14.5 Å². The number of carboxylic acids is 1. The largest absolute Gasteiger partial charge is 0.480 e. The van der Waals surface area contributed by atoms with Gasteiger partial charge >= 0.3 is 5.97 Å². The maximum atomic E-state index is 13.4. The summed E-state index contributed by atoms with van der Waals surface area (Å²) in [5, 5.41) is 11.0. The van der Waals surface area contributed by atoms with E-state index in [1.807, 2.05) is 0 Å². The van der Waals surface area contributed by atoms with E-state index in [-0.39, 0.29) is 11.3 Å². The quantitative estimate of drug-likeness (QED) is 0.723. The van der Waals surface area contributed by atoms with Crippen LogP contribution in [-0.4, -0.2) is 17.1 Å². The van der Waals surface area contributed by atoms with Crippen molar-refractivity contribution in [2.24, 2.45) is 0 Å². The van der Waals surface area contributed by atoms with Gasteiger partial charge in [0.25, 0.3) is 0 Å². The van der Waals surface area contributed by atoms with Gasteiger partial charge in [0, 0.05) is 11.3 Å². The molecule has 2 rings (SSSR count). The molecule has 0 saturated heterocycles. The third-order valence-electron chi connectivity index (χ3n) is 2.18. The average Bonchev–Trinajstić information content (AvgIpc) is 2.43. The SMILES string of the molecule is O=C(O)C1Nc2cc(F)ccc2C1F. The summed E-state index contributed by atoms with van der Waals surface area (Å²) >= 11 is 0. The van der Waals surface area contributed by atoms with E-state index in [4.69, 9.17) is 5.11 Å². The van der Waals surface area contributed by atoms with Crippen LogP contribution in [0.2, 0.25) is 0 Å². The molecule has 0 aliphatic carbocycles. The number of carbonyl (C=O) groups is 1. The molecule has 0 saturated carbocycles. The van der Waals surface area contributed by atoms with E-state index < -0.39 is 24.0 Å². The van der Waals surface area contributed by atoms with Crippen LogP contribution in [0.3, 0.4) is 0 Å². The number of carboxylic acid groups (broad SMARTS) is 1. The second kappa shape index (κ2) is 2.94. The van der Waals surface area contributed by atoms with Crippen molar-refractivity contribution >= 4 is 11.7 Å². The highest BCUT2D eigenvalue weighted by Gasteiger charge is 2.37. The molecule has 2 unspecified atom stereocenters. The number of alkyl halides is 1. The van der Waals surface area contributed by atoms with Crippen LogP contribution in [0.25, 0.3) is 0 Å². The average molecular weight is 199 g/mol. The van der Waals surface area contributed by atoms with Gasteiger partial charge in [-0.1, -0.05) is 6.07 Å². The van der Waals surface area contributed by atoms with Crippen molar-refractivity contribution in [3.63, 3.8) is 0 Å². The first-order valence-electron chi connectivity index (χ1n) is 4.02. The number of anilines is 1. The second-order valence-electron chi connectivity index (χ2n) is 3.09. The Hall–Kier alpha value is -1.65. The van der Waals surface area contributed by atoms with Crippen molar-refractivity contribution in [2.45, 2.75) is 12.2 Å². The topological polar surface area (TPSA) is 49.3 Å². The van der Waals surface area contributed by atoms with E-state index in [9.17, 15) is 13.6 Å². The number of benzene rings is 1. The standard InChI is InChI=1S/C9H7F2NO2/c10-4-1-2-5-6(3-4)12-8(7(5)11)9(13)14/h1-3,7-8,12H,(H,13,14). The van der Waals surface area contributed by atoms with Crippen molar-refractivity contribution < 1.29 is 18.7 Å². The molecule has 0 radical (unpaired) electrons. The molecule has 1 heterocycles. The molecule has 5 heteroatoms. The summed E-state index contributed by atoms with van der Waals surface area (Å²) in [6.45, 7) is 0. The highest BCUT2D eigenvalue weighted by atomic mass is 19.1. The van der Waals surface area contributed by atoms with Gasteiger partial charge in [-0.05, 0) is 12.1 Å². The summed E-state index contributed by atoms with van der Waals surface area (Å²) in [5.74, 6) is -1.80. The van der Waals surface area contributed by atoms with Gasteiger partial charge in [-0.2, -0.15) is 0 Å². The zero-order valence-electron chi connectivity index (χ0n) is 7.00. The van der Waals surface area contributed by atoms with Crippen molar-refractivity contribution in [1.82, 2.24) is 0 Å². The van der Waals surface area contributed by atoms with E-state index in [0.29, 0.717) is 0 Å². The summed E-state index contributed by atoms with van der Waals surface area (Å²) in [4.78, 5) is 10.6. The van der Waals surface area contributed by atoms with E-state index >= 15 is 0 Å². The van der Waals surface area contributed by atoms with Crippen LogP contribution >= 0.6 is 0 Å². The molecule has 0 spiro atoms. The third-order valence-corrected chi connectivity index (χ3v) is 2.18. The van der Waals surface area contributed by atoms with E-state index in [2.05, 4.69) is 5.32 Å². The first-order chi connectivity index (χ1) is 6.59. The third kappa shape index (κ3) is 1.21. The van der Waals surface area contributed by atoms with Crippen molar-refractivity contribution in [3.8, 4) is 0 Å². The molecule has 74 valence electrons. The summed E-state index contributed by atoms with van der Waals surface area (Å²) in [5.41, 5.74) is 0.406. The van der Waals surface area contributed by atoms with Gasteiger partial charge in [-0.3, -0.25) is 0 Å². The van der Waals surface area contributed by atoms with Crippen LogP contribution in [0.15, 0.2) is 18.2 Å². The van der Waals surface area contributed by atoms with Crippen LogP contribution < -0.4 is 5.32 Å². The van der Waals surface area contributed by atoms with Crippen LogP contribution in [0, 0.1) is 5.82 Å². The van der Waals surface area contributed by atoms with Crippen molar-refractivity contribution in [3.05, 3.63) is 29.6 Å². The number of halogens is 2. The Labute approximate surface area is 78.4 Å². The second-order valence-corrected chi connectivity index (χ2v) is 3.09. The van der Waals surface area contributed by atoms with Gasteiger partial charge in [-0.15, -0.1) is 0 Å². The first-order valence-corrected chi connectivity index (χ1v) is 4.02. The lowest BCUT2D eigenvalue weighted by molar-refractivity contribution is -0.139. The Morgan fingerprint density at radius 1 is 1.50 bits per heavy atom. The predicted octanol–water partition coefficient (Wildman–Crippen LogP) is 1.71. The minimum Gasteiger partial charge on any atom is -0.480 e. The summed E-state index contributed by atoms with van der Waals surface area (Å²) in [7, 11) is 0. The molecule has 0 fully saturated rings. The molecule has 1 aliphatic heterocycles. The van der Waals surface area contributed by atoms with E-state index in [0.717, 1.165) is 12.1 Å². The Kier molecular flexibility index (Phi) is 1.87. The van der Waals surface area contributed by atoms with Crippen LogP contribution in [0.5, 0.6) is 0 Å². The first kappa shape index (κ1) is 8.93. The van der Waals surface area contributed by atoms with Gasteiger partial charge in [-0.25, -0.2) is 13.6 Å².